The number of hydrogen-bond acceptors (Lipinski definition) is 4. The van der Waals surface area contributed by atoms with Gasteiger partial charge >= 0.3 is 0 Å². The molecule has 24 heavy (non-hydrogen) atoms. The van der Waals surface area contributed by atoms with E-state index in [0.717, 1.165) is 41.4 Å². The third kappa shape index (κ3) is 3.85. The molecule has 2 heterocycles. The minimum atomic E-state index is -2.36. The molecule has 1 saturated carbocycles. The van der Waals surface area contributed by atoms with E-state index in [-0.39, 0.29) is 12.5 Å². The Kier molecular flexibility index (Phi) is 5.34. The summed E-state index contributed by atoms with van der Waals surface area (Å²) in [5.41, 5.74) is 1.92. The molecule has 2 aromatic heterocycles. The molecule has 0 spiro atoms. The molecule has 1 aliphatic rings. The van der Waals surface area contributed by atoms with E-state index < -0.39 is 12.5 Å². The third-order valence-electron chi connectivity index (χ3n) is 4.52. The quantitative estimate of drug-likeness (QED) is 0.793. The SMILES string of the molecule is C[C@@H](CC(F)F)Nc1ncc2c(Br)cc([C@H]3CC[C@H](O)CC3)n2n1. The van der Waals surface area contributed by atoms with Crippen LogP contribution < -0.4 is 5.32 Å². The van der Waals surface area contributed by atoms with Crippen molar-refractivity contribution in [2.75, 3.05) is 5.32 Å². The lowest BCUT2D eigenvalue weighted by atomic mass is 9.85. The number of aliphatic hydroxyl groups excluding tert-OH is 1. The number of alkyl halides is 2. The van der Waals surface area contributed by atoms with E-state index in [9.17, 15) is 13.9 Å². The van der Waals surface area contributed by atoms with Gasteiger partial charge in [0, 0.05) is 28.5 Å². The standard InChI is InChI=1S/C16H21BrF2N4O/c1-9(6-15(18)19)21-16-20-8-14-12(17)7-13(23(14)22-16)10-2-4-11(24)5-3-10/h7-11,15,24H,2-6H2,1H3,(H,21,22)/t9-,10-,11-/m0/s1. The van der Waals surface area contributed by atoms with Crippen LogP contribution in [0.3, 0.4) is 0 Å². The Labute approximate surface area is 147 Å². The minimum Gasteiger partial charge on any atom is -0.393 e. The molecule has 0 aromatic carbocycles. The van der Waals surface area contributed by atoms with Crippen molar-refractivity contribution >= 4 is 27.4 Å². The Morgan fingerprint density at radius 3 is 2.75 bits per heavy atom. The highest BCUT2D eigenvalue weighted by atomic mass is 79.9. The molecule has 132 valence electrons. The Hall–Kier alpha value is -1.28. The second kappa shape index (κ2) is 7.31. The molecule has 0 radical (unpaired) electrons. The molecule has 1 fully saturated rings. The summed E-state index contributed by atoms with van der Waals surface area (Å²) in [6, 6.07) is 1.63. The van der Waals surface area contributed by atoms with Crippen LogP contribution in [-0.2, 0) is 0 Å². The summed E-state index contributed by atoms with van der Waals surface area (Å²) >= 11 is 3.53. The van der Waals surface area contributed by atoms with Crippen molar-refractivity contribution in [3.8, 4) is 0 Å². The number of rotatable bonds is 5. The average molecular weight is 403 g/mol. The number of hydrogen-bond donors (Lipinski definition) is 2. The maximum absolute atomic E-state index is 12.5. The van der Waals surface area contributed by atoms with Crippen LogP contribution in [0.25, 0.3) is 5.52 Å². The van der Waals surface area contributed by atoms with Gasteiger partial charge < -0.3 is 10.4 Å². The lowest BCUT2D eigenvalue weighted by Gasteiger charge is -2.25. The van der Waals surface area contributed by atoms with Crippen molar-refractivity contribution in [3.05, 3.63) is 22.4 Å². The molecule has 0 amide bonds. The molecule has 0 bridgehead atoms. The fraction of sp³-hybridized carbons (Fsp3) is 0.625. The van der Waals surface area contributed by atoms with E-state index in [0.29, 0.717) is 11.9 Å². The predicted octanol–water partition coefficient (Wildman–Crippen LogP) is 3.97. The predicted molar refractivity (Wildman–Crippen MR) is 91.6 cm³/mol. The van der Waals surface area contributed by atoms with Crippen LogP contribution in [0.4, 0.5) is 14.7 Å². The largest absolute Gasteiger partial charge is 0.393 e. The van der Waals surface area contributed by atoms with Gasteiger partial charge in [-0.1, -0.05) is 0 Å². The average Bonchev–Trinajstić information content (AvgIpc) is 2.84. The van der Waals surface area contributed by atoms with E-state index in [4.69, 9.17) is 0 Å². The summed E-state index contributed by atoms with van der Waals surface area (Å²) in [6.07, 6.45) is 2.27. The number of fused-ring (bicyclic) bond motifs is 1. The highest BCUT2D eigenvalue weighted by Crippen LogP contribution is 2.36. The third-order valence-corrected chi connectivity index (χ3v) is 5.15. The Bertz CT molecular complexity index is 701. The van der Waals surface area contributed by atoms with Gasteiger partial charge in [-0.15, -0.1) is 5.10 Å². The van der Waals surface area contributed by atoms with Crippen molar-refractivity contribution in [1.29, 1.82) is 0 Å². The van der Waals surface area contributed by atoms with Gasteiger partial charge in [0.25, 0.3) is 0 Å². The minimum absolute atomic E-state index is 0.210. The molecule has 1 atom stereocenters. The molecule has 2 aromatic rings. The second-order valence-electron chi connectivity index (χ2n) is 6.47. The molecule has 0 unspecified atom stereocenters. The Morgan fingerprint density at radius 1 is 1.38 bits per heavy atom. The number of aliphatic hydroxyl groups is 1. The zero-order valence-electron chi connectivity index (χ0n) is 13.4. The van der Waals surface area contributed by atoms with Gasteiger partial charge in [-0.2, -0.15) is 0 Å². The number of nitrogens with zero attached hydrogens (tertiary/aromatic N) is 3. The highest BCUT2D eigenvalue weighted by Gasteiger charge is 2.25. The van der Waals surface area contributed by atoms with E-state index in [1.165, 1.54) is 0 Å². The summed E-state index contributed by atoms with van der Waals surface area (Å²) in [4.78, 5) is 4.23. The lowest BCUT2D eigenvalue weighted by molar-refractivity contribution is 0.121. The van der Waals surface area contributed by atoms with Gasteiger partial charge in [0.05, 0.1) is 17.8 Å². The normalized spacial score (nSPS) is 22.9. The van der Waals surface area contributed by atoms with Gasteiger partial charge in [0.15, 0.2) is 0 Å². The molecule has 5 nitrogen and oxygen atoms in total. The van der Waals surface area contributed by atoms with Crippen LogP contribution in [0.5, 0.6) is 0 Å². The van der Waals surface area contributed by atoms with Crippen LogP contribution >= 0.6 is 15.9 Å². The first kappa shape index (κ1) is 17.5. The molecular weight excluding hydrogens is 382 g/mol. The fourth-order valence-corrected chi connectivity index (χ4v) is 3.76. The second-order valence-corrected chi connectivity index (χ2v) is 7.33. The highest BCUT2D eigenvalue weighted by molar-refractivity contribution is 9.10. The van der Waals surface area contributed by atoms with Crippen LogP contribution in [0.1, 0.15) is 50.6 Å². The zero-order valence-corrected chi connectivity index (χ0v) is 15.0. The smallest absolute Gasteiger partial charge is 0.241 e. The molecule has 8 heteroatoms. The lowest BCUT2D eigenvalue weighted by Crippen LogP contribution is -2.21. The summed E-state index contributed by atoms with van der Waals surface area (Å²) in [5.74, 6) is 0.671. The first-order chi connectivity index (χ1) is 11.4. The molecule has 0 saturated heterocycles. The van der Waals surface area contributed by atoms with E-state index in [1.54, 1.807) is 13.1 Å². The monoisotopic (exact) mass is 402 g/mol. The molecular formula is C16H21BrF2N4O. The van der Waals surface area contributed by atoms with Crippen molar-refractivity contribution in [2.24, 2.45) is 0 Å². The number of nitrogens with one attached hydrogen (secondary N) is 1. The van der Waals surface area contributed by atoms with Gasteiger partial charge in [-0.05, 0) is 54.6 Å². The van der Waals surface area contributed by atoms with Crippen molar-refractivity contribution in [2.45, 2.75) is 63.5 Å². The Morgan fingerprint density at radius 2 is 2.08 bits per heavy atom. The molecule has 2 N–H and O–H groups in total. The summed E-state index contributed by atoms with van der Waals surface area (Å²) in [7, 11) is 0. The zero-order chi connectivity index (χ0) is 17.3. The first-order valence-corrected chi connectivity index (χ1v) is 9.00. The number of halogens is 3. The Balaban J connectivity index is 1.86. The van der Waals surface area contributed by atoms with Crippen molar-refractivity contribution in [3.63, 3.8) is 0 Å². The summed E-state index contributed by atoms with van der Waals surface area (Å²) in [6.45, 7) is 1.69. The maximum Gasteiger partial charge on any atom is 0.241 e. The summed E-state index contributed by atoms with van der Waals surface area (Å²) in [5, 5.41) is 17.1. The van der Waals surface area contributed by atoms with E-state index in [2.05, 4.69) is 31.3 Å². The van der Waals surface area contributed by atoms with Crippen LogP contribution in [-0.4, -0.2) is 38.3 Å². The van der Waals surface area contributed by atoms with Gasteiger partial charge in [0.2, 0.25) is 12.4 Å². The first-order valence-electron chi connectivity index (χ1n) is 8.21. The topological polar surface area (TPSA) is 62.5 Å². The van der Waals surface area contributed by atoms with Crippen LogP contribution in [0.2, 0.25) is 0 Å². The van der Waals surface area contributed by atoms with Crippen molar-refractivity contribution < 1.29 is 13.9 Å². The molecule has 0 aliphatic heterocycles. The molecule has 1 aliphatic carbocycles. The molecule has 3 rings (SSSR count). The van der Waals surface area contributed by atoms with Crippen LogP contribution in [0, 0.1) is 0 Å². The van der Waals surface area contributed by atoms with Gasteiger partial charge in [-0.25, -0.2) is 18.3 Å². The summed E-state index contributed by atoms with van der Waals surface area (Å²) < 4.78 is 27.7. The van der Waals surface area contributed by atoms with E-state index >= 15 is 0 Å². The number of aromatic nitrogens is 3. The van der Waals surface area contributed by atoms with Crippen molar-refractivity contribution in [1.82, 2.24) is 14.6 Å². The fourth-order valence-electron chi connectivity index (χ4n) is 3.25. The number of anilines is 1. The van der Waals surface area contributed by atoms with Crippen LogP contribution in [0.15, 0.2) is 16.7 Å². The van der Waals surface area contributed by atoms with Gasteiger partial charge in [0.1, 0.15) is 0 Å². The van der Waals surface area contributed by atoms with Gasteiger partial charge in [-0.3, -0.25) is 0 Å². The van der Waals surface area contributed by atoms with E-state index in [1.807, 2.05) is 10.6 Å². The maximum atomic E-state index is 12.5.